The average Bonchev–Trinajstić information content (AvgIpc) is 2.34. The van der Waals surface area contributed by atoms with Crippen molar-refractivity contribution < 1.29 is 14.6 Å². The topological polar surface area (TPSA) is 85.4 Å². The lowest BCUT2D eigenvalue weighted by atomic mass is 10.2. The first kappa shape index (κ1) is 11.9. The summed E-state index contributed by atoms with van der Waals surface area (Å²) in [6, 6.07) is 7.86. The Labute approximate surface area is 104 Å². The summed E-state index contributed by atoms with van der Waals surface area (Å²) >= 11 is 0. The Morgan fingerprint density at radius 2 is 2.11 bits per heavy atom. The van der Waals surface area contributed by atoms with Crippen LogP contribution in [-0.4, -0.2) is 16.1 Å². The largest absolute Gasteiger partial charge is 0.478 e. The third-order valence-electron chi connectivity index (χ3n) is 2.37. The van der Waals surface area contributed by atoms with Gasteiger partial charge in [0, 0.05) is 5.69 Å². The zero-order chi connectivity index (χ0) is 13.1. The van der Waals surface area contributed by atoms with Crippen LogP contribution in [0.4, 0.5) is 5.69 Å². The van der Waals surface area contributed by atoms with E-state index in [-0.39, 0.29) is 5.56 Å². The molecule has 0 aliphatic carbocycles. The maximum Gasteiger partial charge on any atom is 0.335 e. The predicted molar refractivity (Wildman–Crippen MR) is 66.9 cm³/mol. The number of aromatic nitrogens is 1. The molecule has 5 heteroatoms. The zero-order valence-corrected chi connectivity index (χ0v) is 9.75. The molecule has 2 aromatic rings. The number of nitrogens with two attached hydrogens (primary N) is 1. The van der Waals surface area contributed by atoms with Crippen molar-refractivity contribution in [3.63, 3.8) is 0 Å². The van der Waals surface area contributed by atoms with Gasteiger partial charge in [0.25, 0.3) is 0 Å². The van der Waals surface area contributed by atoms with Crippen LogP contribution in [0.25, 0.3) is 0 Å². The molecule has 0 fully saturated rings. The number of aromatic carboxylic acids is 1. The first-order valence-electron chi connectivity index (χ1n) is 5.29. The first-order chi connectivity index (χ1) is 8.56. The Morgan fingerprint density at radius 3 is 2.72 bits per heavy atom. The number of ether oxygens (including phenoxy) is 1. The second kappa shape index (κ2) is 4.75. The van der Waals surface area contributed by atoms with E-state index in [1.807, 2.05) is 6.92 Å². The highest BCUT2D eigenvalue weighted by atomic mass is 16.5. The fraction of sp³-hybridized carbons (Fsp3) is 0.0769. The van der Waals surface area contributed by atoms with Crippen molar-refractivity contribution in [2.45, 2.75) is 6.92 Å². The highest BCUT2D eigenvalue weighted by Crippen LogP contribution is 2.28. The number of aryl methyl sites for hydroxylation is 1. The van der Waals surface area contributed by atoms with Gasteiger partial charge in [-0.15, -0.1) is 0 Å². The highest BCUT2D eigenvalue weighted by Gasteiger charge is 2.08. The Kier molecular flexibility index (Phi) is 3.14. The van der Waals surface area contributed by atoms with Crippen molar-refractivity contribution >= 4 is 11.7 Å². The van der Waals surface area contributed by atoms with Crippen LogP contribution >= 0.6 is 0 Å². The number of hydrogen-bond donors (Lipinski definition) is 2. The second-order valence-corrected chi connectivity index (χ2v) is 3.80. The molecule has 5 nitrogen and oxygen atoms in total. The quantitative estimate of drug-likeness (QED) is 0.810. The molecule has 0 radical (unpaired) electrons. The van der Waals surface area contributed by atoms with Crippen LogP contribution in [0, 0.1) is 6.92 Å². The molecule has 3 N–H and O–H groups in total. The molecule has 0 saturated heterocycles. The number of hydrogen-bond acceptors (Lipinski definition) is 4. The number of anilines is 1. The summed E-state index contributed by atoms with van der Waals surface area (Å²) in [5, 5.41) is 8.89. The van der Waals surface area contributed by atoms with Crippen molar-refractivity contribution in [1.82, 2.24) is 4.98 Å². The summed E-state index contributed by atoms with van der Waals surface area (Å²) in [6.45, 7) is 1.86. The van der Waals surface area contributed by atoms with Crippen LogP contribution in [0.15, 0.2) is 36.5 Å². The number of carboxylic acids is 1. The second-order valence-electron chi connectivity index (χ2n) is 3.80. The molecule has 0 unspecified atom stereocenters. The minimum Gasteiger partial charge on any atom is -0.478 e. The molecule has 0 atom stereocenters. The van der Waals surface area contributed by atoms with Crippen LogP contribution in [-0.2, 0) is 0 Å². The van der Waals surface area contributed by atoms with Gasteiger partial charge >= 0.3 is 5.97 Å². The van der Waals surface area contributed by atoms with Crippen molar-refractivity contribution in [1.29, 1.82) is 0 Å². The molecule has 0 saturated carbocycles. The van der Waals surface area contributed by atoms with E-state index in [1.165, 1.54) is 18.2 Å². The van der Waals surface area contributed by atoms with Crippen molar-refractivity contribution in [3.8, 4) is 11.5 Å². The third-order valence-corrected chi connectivity index (χ3v) is 2.37. The van der Waals surface area contributed by atoms with Crippen LogP contribution in [0.2, 0.25) is 0 Å². The summed E-state index contributed by atoms with van der Waals surface area (Å²) in [5.74, 6) is -0.211. The smallest absolute Gasteiger partial charge is 0.335 e. The minimum atomic E-state index is -1.03. The molecule has 92 valence electrons. The van der Waals surface area contributed by atoms with Crippen LogP contribution in [0.3, 0.4) is 0 Å². The van der Waals surface area contributed by atoms with E-state index in [9.17, 15) is 4.79 Å². The molecule has 1 aromatic carbocycles. The summed E-state index contributed by atoms with van der Waals surface area (Å²) in [5.41, 5.74) is 7.10. The SMILES string of the molecule is Cc1ccc(Oc2cc(C(=O)O)ccc2N)cn1. The maximum atomic E-state index is 10.9. The molecule has 1 aromatic heterocycles. The molecule has 0 amide bonds. The Hall–Kier alpha value is -2.56. The van der Waals surface area contributed by atoms with Gasteiger partial charge in [-0.25, -0.2) is 4.79 Å². The van der Waals surface area contributed by atoms with E-state index >= 15 is 0 Å². The standard InChI is InChI=1S/C13H12N2O3/c1-8-2-4-10(7-15-8)18-12-6-9(13(16)17)3-5-11(12)14/h2-7H,14H2,1H3,(H,16,17). The van der Waals surface area contributed by atoms with Gasteiger partial charge in [-0.05, 0) is 37.3 Å². The van der Waals surface area contributed by atoms with Gasteiger partial charge in [-0.1, -0.05) is 0 Å². The van der Waals surface area contributed by atoms with Crippen molar-refractivity contribution in [2.24, 2.45) is 0 Å². The monoisotopic (exact) mass is 244 g/mol. The van der Waals surface area contributed by atoms with Gasteiger partial charge < -0.3 is 15.6 Å². The van der Waals surface area contributed by atoms with Crippen molar-refractivity contribution in [3.05, 3.63) is 47.8 Å². The predicted octanol–water partition coefficient (Wildman–Crippen LogP) is 2.46. The molecule has 0 bridgehead atoms. The van der Waals surface area contributed by atoms with Crippen LogP contribution in [0.5, 0.6) is 11.5 Å². The van der Waals surface area contributed by atoms with Crippen molar-refractivity contribution in [2.75, 3.05) is 5.73 Å². The fourth-order valence-corrected chi connectivity index (χ4v) is 1.40. The van der Waals surface area contributed by atoms with E-state index in [2.05, 4.69) is 4.98 Å². The number of carboxylic acid groups (broad SMARTS) is 1. The Bertz CT molecular complexity index is 579. The zero-order valence-electron chi connectivity index (χ0n) is 9.75. The third kappa shape index (κ3) is 2.57. The molecule has 0 aliphatic rings. The molecule has 1 heterocycles. The molecular weight excluding hydrogens is 232 g/mol. The normalized spacial score (nSPS) is 10.1. The van der Waals surface area contributed by atoms with E-state index in [0.29, 0.717) is 17.2 Å². The van der Waals surface area contributed by atoms with Gasteiger partial charge in [0.1, 0.15) is 5.75 Å². The fourth-order valence-electron chi connectivity index (χ4n) is 1.40. The number of benzene rings is 1. The molecule has 0 spiro atoms. The number of carbonyl (C=O) groups is 1. The number of rotatable bonds is 3. The van der Waals surface area contributed by atoms with E-state index in [0.717, 1.165) is 5.69 Å². The molecule has 0 aliphatic heterocycles. The maximum absolute atomic E-state index is 10.9. The van der Waals surface area contributed by atoms with Crippen LogP contribution < -0.4 is 10.5 Å². The summed E-state index contributed by atoms with van der Waals surface area (Å²) in [4.78, 5) is 14.9. The average molecular weight is 244 g/mol. The summed E-state index contributed by atoms with van der Waals surface area (Å²) < 4.78 is 5.50. The number of nitrogen functional groups attached to an aromatic ring is 1. The van der Waals surface area contributed by atoms with Gasteiger partial charge in [0.05, 0.1) is 17.4 Å². The highest BCUT2D eigenvalue weighted by molar-refractivity contribution is 5.89. The summed E-state index contributed by atoms with van der Waals surface area (Å²) in [6.07, 6.45) is 1.56. The Balaban J connectivity index is 2.30. The molecule has 2 rings (SSSR count). The number of nitrogens with zero attached hydrogens (tertiary/aromatic N) is 1. The van der Waals surface area contributed by atoms with E-state index in [1.54, 1.807) is 18.3 Å². The lowest BCUT2D eigenvalue weighted by molar-refractivity contribution is 0.0696. The van der Waals surface area contributed by atoms with E-state index in [4.69, 9.17) is 15.6 Å². The Morgan fingerprint density at radius 1 is 1.33 bits per heavy atom. The number of pyridine rings is 1. The van der Waals surface area contributed by atoms with Gasteiger partial charge in [-0.2, -0.15) is 0 Å². The van der Waals surface area contributed by atoms with Gasteiger partial charge in [0.2, 0.25) is 0 Å². The lowest BCUT2D eigenvalue weighted by Crippen LogP contribution is -1.99. The molecular formula is C13H12N2O3. The van der Waals surface area contributed by atoms with E-state index < -0.39 is 5.97 Å². The molecule has 18 heavy (non-hydrogen) atoms. The minimum absolute atomic E-state index is 0.124. The van der Waals surface area contributed by atoms with Gasteiger partial charge in [-0.3, -0.25) is 4.98 Å². The first-order valence-corrected chi connectivity index (χ1v) is 5.29. The van der Waals surface area contributed by atoms with Gasteiger partial charge in [0.15, 0.2) is 5.75 Å². The summed E-state index contributed by atoms with van der Waals surface area (Å²) in [7, 11) is 0. The lowest BCUT2D eigenvalue weighted by Gasteiger charge is -2.09. The van der Waals surface area contributed by atoms with Crippen LogP contribution in [0.1, 0.15) is 16.1 Å².